The van der Waals surface area contributed by atoms with Crippen LogP contribution in [-0.4, -0.2) is 67.2 Å². The number of hydrogen-bond donors (Lipinski definition) is 2. The van der Waals surface area contributed by atoms with Crippen molar-refractivity contribution < 1.29 is 18.9 Å². The van der Waals surface area contributed by atoms with Crippen molar-refractivity contribution in [3.63, 3.8) is 0 Å². The molecule has 1 fully saturated rings. The average molecular weight is 408 g/mol. The topological polar surface area (TPSA) is 73.3 Å². The third-order valence-corrected chi connectivity index (χ3v) is 5.60. The molecule has 0 amide bonds. The van der Waals surface area contributed by atoms with Gasteiger partial charge in [0.05, 0.1) is 34.0 Å². The number of methoxy groups -OCH3 is 3. The Balaban J connectivity index is 2.01. The molecule has 1 aliphatic rings. The fourth-order valence-corrected chi connectivity index (χ4v) is 3.92. The van der Waals surface area contributed by atoms with Crippen LogP contribution in [-0.2, 0) is 14.9 Å². The average Bonchev–Trinajstić information content (AvgIpc) is 2.78. The van der Waals surface area contributed by atoms with E-state index in [4.69, 9.17) is 18.9 Å². The predicted molar refractivity (Wildman–Crippen MR) is 116 cm³/mol. The van der Waals surface area contributed by atoms with E-state index in [1.807, 2.05) is 6.07 Å². The maximum absolute atomic E-state index is 5.55. The summed E-state index contributed by atoms with van der Waals surface area (Å²) >= 11 is 0. The summed E-state index contributed by atoms with van der Waals surface area (Å²) in [6.07, 6.45) is 6.05. The molecule has 0 bridgehead atoms. The second-order valence-corrected chi connectivity index (χ2v) is 7.37. The van der Waals surface area contributed by atoms with E-state index in [2.05, 4.69) is 27.8 Å². The van der Waals surface area contributed by atoms with Crippen molar-refractivity contribution in [1.82, 2.24) is 10.6 Å². The lowest BCUT2D eigenvalue weighted by atomic mass is 9.69. The van der Waals surface area contributed by atoms with E-state index in [1.54, 1.807) is 28.4 Å². The fraction of sp³-hybridized carbons (Fsp3) is 0.682. The van der Waals surface area contributed by atoms with Crippen molar-refractivity contribution in [2.75, 3.05) is 61.3 Å². The van der Waals surface area contributed by atoms with Gasteiger partial charge in [0, 0.05) is 32.7 Å². The van der Waals surface area contributed by atoms with Gasteiger partial charge in [-0.25, -0.2) is 0 Å². The number of aliphatic imine (C=N–C) groups is 1. The standard InChI is InChI=1S/C22H37N3O4/c1-23-21(24-12-13-29-15-14-26-2)25-17-22(10-6-5-7-11-22)18-8-9-19(27-3)20(16-18)28-4/h8-9,16H,5-7,10-15,17H2,1-4H3,(H2,23,24,25). The van der Waals surface area contributed by atoms with Crippen LogP contribution in [0.1, 0.15) is 37.7 Å². The van der Waals surface area contributed by atoms with E-state index in [9.17, 15) is 0 Å². The van der Waals surface area contributed by atoms with Gasteiger partial charge in [-0.2, -0.15) is 0 Å². The molecule has 0 saturated heterocycles. The van der Waals surface area contributed by atoms with Crippen LogP contribution in [0.4, 0.5) is 0 Å². The van der Waals surface area contributed by atoms with Gasteiger partial charge in [-0.1, -0.05) is 25.3 Å². The quantitative estimate of drug-likeness (QED) is 0.334. The summed E-state index contributed by atoms with van der Waals surface area (Å²) in [6.45, 7) is 3.36. The molecule has 0 radical (unpaired) electrons. The summed E-state index contributed by atoms with van der Waals surface area (Å²) in [5, 5.41) is 6.86. The second-order valence-electron chi connectivity index (χ2n) is 7.37. The van der Waals surface area contributed by atoms with Crippen molar-refractivity contribution in [2.45, 2.75) is 37.5 Å². The summed E-state index contributed by atoms with van der Waals surface area (Å²) in [6, 6.07) is 6.31. The predicted octanol–water partition coefficient (Wildman–Crippen LogP) is 2.73. The molecule has 0 heterocycles. The minimum Gasteiger partial charge on any atom is -0.493 e. The van der Waals surface area contributed by atoms with Gasteiger partial charge >= 0.3 is 0 Å². The molecule has 0 atom stereocenters. The largest absolute Gasteiger partial charge is 0.493 e. The van der Waals surface area contributed by atoms with Crippen molar-refractivity contribution in [3.05, 3.63) is 23.8 Å². The van der Waals surface area contributed by atoms with Crippen molar-refractivity contribution in [1.29, 1.82) is 0 Å². The molecule has 0 spiro atoms. The van der Waals surface area contributed by atoms with Gasteiger partial charge in [0.2, 0.25) is 0 Å². The molecule has 0 unspecified atom stereocenters. The van der Waals surface area contributed by atoms with Crippen LogP contribution in [0, 0.1) is 0 Å². The first-order valence-electron chi connectivity index (χ1n) is 10.4. The lowest BCUT2D eigenvalue weighted by molar-refractivity contribution is 0.0733. The van der Waals surface area contributed by atoms with Crippen LogP contribution in [0.25, 0.3) is 0 Å². The Kier molecular flexibility index (Phi) is 10.1. The van der Waals surface area contributed by atoms with E-state index in [-0.39, 0.29) is 5.41 Å². The molecule has 2 N–H and O–H groups in total. The highest BCUT2D eigenvalue weighted by Crippen LogP contribution is 2.42. The summed E-state index contributed by atoms with van der Waals surface area (Å²) in [5.41, 5.74) is 1.35. The molecular formula is C22H37N3O4. The third kappa shape index (κ3) is 6.78. The molecule has 2 rings (SSSR count). The smallest absolute Gasteiger partial charge is 0.191 e. The Bertz CT molecular complexity index is 630. The number of nitrogens with zero attached hydrogens (tertiary/aromatic N) is 1. The molecule has 1 aromatic rings. The maximum Gasteiger partial charge on any atom is 0.191 e. The monoisotopic (exact) mass is 407 g/mol. The molecule has 1 aromatic carbocycles. The number of benzene rings is 1. The van der Waals surface area contributed by atoms with Crippen LogP contribution in [0.5, 0.6) is 11.5 Å². The highest BCUT2D eigenvalue weighted by Gasteiger charge is 2.34. The van der Waals surface area contributed by atoms with Gasteiger partial charge in [-0.3, -0.25) is 4.99 Å². The number of ether oxygens (including phenoxy) is 4. The molecule has 7 heteroatoms. The zero-order chi connectivity index (χ0) is 21.0. The summed E-state index contributed by atoms with van der Waals surface area (Å²) < 4.78 is 21.5. The van der Waals surface area contributed by atoms with E-state index in [0.717, 1.165) is 36.8 Å². The van der Waals surface area contributed by atoms with Gasteiger partial charge in [-0.15, -0.1) is 0 Å². The zero-order valence-electron chi connectivity index (χ0n) is 18.4. The summed E-state index contributed by atoms with van der Waals surface area (Å²) in [5.74, 6) is 2.34. The lowest BCUT2D eigenvalue weighted by Gasteiger charge is -2.38. The molecule has 7 nitrogen and oxygen atoms in total. The van der Waals surface area contributed by atoms with Gasteiger partial charge in [0.1, 0.15) is 0 Å². The van der Waals surface area contributed by atoms with Crippen LogP contribution < -0.4 is 20.1 Å². The van der Waals surface area contributed by atoms with Crippen molar-refractivity contribution in [2.24, 2.45) is 4.99 Å². The Morgan fingerprint density at radius 2 is 1.72 bits per heavy atom. The van der Waals surface area contributed by atoms with Crippen molar-refractivity contribution >= 4 is 5.96 Å². The zero-order valence-corrected chi connectivity index (χ0v) is 18.4. The van der Waals surface area contributed by atoms with E-state index in [1.165, 1.54) is 24.8 Å². The fourth-order valence-electron chi connectivity index (χ4n) is 3.92. The molecule has 164 valence electrons. The first kappa shape index (κ1) is 23.3. The molecule has 1 saturated carbocycles. The Morgan fingerprint density at radius 1 is 0.966 bits per heavy atom. The first-order chi connectivity index (χ1) is 14.2. The lowest BCUT2D eigenvalue weighted by Crippen LogP contribution is -2.47. The molecule has 1 aliphatic carbocycles. The van der Waals surface area contributed by atoms with E-state index in [0.29, 0.717) is 26.4 Å². The van der Waals surface area contributed by atoms with E-state index < -0.39 is 0 Å². The van der Waals surface area contributed by atoms with Gasteiger partial charge < -0.3 is 29.6 Å². The first-order valence-corrected chi connectivity index (χ1v) is 10.4. The number of nitrogens with one attached hydrogen (secondary N) is 2. The molecule has 0 aromatic heterocycles. The summed E-state index contributed by atoms with van der Waals surface area (Å²) in [4.78, 5) is 4.36. The highest BCUT2D eigenvalue weighted by atomic mass is 16.5. The SMILES string of the molecule is CN=C(NCCOCCOC)NCC1(c2ccc(OC)c(OC)c2)CCCCC1. The number of guanidine groups is 1. The molecule has 0 aliphatic heterocycles. The van der Waals surface area contributed by atoms with Gasteiger partial charge in [-0.05, 0) is 30.5 Å². The minimum atomic E-state index is 0.0599. The van der Waals surface area contributed by atoms with Gasteiger partial charge in [0.25, 0.3) is 0 Å². The van der Waals surface area contributed by atoms with Crippen LogP contribution in [0.15, 0.2) is 23.2 Å². The maximum atomic E-state index is 5.55. The molecule has 29 heavy (non-hydrogen) atoms. The summed E-state index contributed by atoms with van der Waals surface area (Å²) in [7, 11) is 6.83. The van der Waals surface area contributed by atoms with Crippen LogP contribution in [0.2, 0.25) is 0 Å². The Morgan fingerprint density at radius 3 is 2.38 bits per heavy atom. The third-order valence-electron chi connectivity index (χ3n) is 5.60. The number of hydrogen-bond acceptors (Lipinski definition) is 5. The number of rotatable bonds is 11. The van der Waals surface area contributed by atoms with Crippen LogP contribution in [0.3, 0.4) is 0 Å². The Hall–Kier alpha value is -1.99. The second kappa shape index (κ2) is 12.5. The molecular weight excluding hydrogens is 370 g/mol. The Labute approximate surface area is 175 Å². The highest BCUT2D eigenvalue weighted by molar-refractivity contribution is 5.79. The minimum absolute atomic E-state index is 0.0599. The van der Waals surface area contributed by atoms with E-state index >= 15 is 0 Å². The van der Waals surface area contributed by atoms with Crippen molar-refractivity contribution in [3.8, 4) is 11.5 Å². The van der Waals surface area contributed by atoms with Crippen LogP contribution >= 0.6 is 0 Å². The normalized spacial score (nSPS) is 16.3. The van der Waals surface area contributed by atoms with Gasteiger partial charge in [0.15, 0.2) is 17.5 Å².